The SMILES string of the molecule is O=C(c1cnc2ccccc2c1Nc1ccc(F)c(F)c1)N1CCSCC1. The molecule has 1 aromatic heterocycles. The van der Waals surface area contributed by atoms with Crippen molar-refractivity contribution in [3.63, 3.8) is 0 Å². The summed E-state index contributed by atoms with van der Waals surface area (Å²) < 4.78 is 26.9. The molecule has 0 aliphatic carbocycles. The second kappa shape index (κ2) is 7.52. The van der Waals surface area contributed by atoms with E-state index in [1.165, 1.54) is 6.07 Å². The van der Waals surface area contributed by atoms with Gasteiger partial charge in [0, 0.05) is 47.9 Å². The number of para-hydroxylation sites is 1. The molecular weight excluding hydrogens is 368 g/mol. The van der Waals surface area contributed by atoms with E-state index in [1.54, 1.807) is 11.1 Å². The number of nitrogens with zero attached hydrogens (tertiary/aromatic N) is 2. The quantitative estimate of drug-likeness (QED) is 0.724. The van der Waals surface area contributed by atoms with E-state index in [0.717, 1.165) is 29.0 Å². The Kier molecular flexibility index (Phi) is 4.94. The van der Waals surface area contributed by atoms with Gasteiger partial charge in [0.2, 0.25) is 0 Å². The third-order valence-corrected chi connectivity index (χ3v) is 5.44. The molecule has 0 atom stereocenters. The second-order valence-corrected chi connectivity index (χ2v) is 7.45. The Morgan fingerprint density at radius 1 is 1.07 bits per heavy atom. The molecule has 1 fully saturated rings. The zero-order chi connectivity index (χ0) is 18.8. The van der Waals surface area contributed by atoms with E-state index in [0.29, 0.717) is 35.5 Å². The molecule has 1 aliphatic rings. The van der Waals surface area contributed by atoms with Gasteiger partial charge in [0.05, 0.1) is 16.8 Å². The van der Waals surface area contributed by atoms with Crippen molar-refractivity contribution >= 4 is 39.9 Å². The smallest absolute Gasteiger partial charge is 0.257 e. The highest BCUT2D eigenvalue weighted by Gasteiger charge is 2.23. The molecule has 4 rings (SSSR count). The van der Waals surface area contributed by atoms with Gasteiger partial charge in [0.25, 0.3) is 5.91 Å². The van der Waals surface area contributed by atoms with E-state index in [-0.39, 0.29) is 5.91 Å². The Balaban J connectivity index is 1.79. The lowest BCUT2D eigenvalue weighted by atomic mass is 10.1. The third kappa shape index (κ3) is 3.60. The summed E-state index contributed by atoms with van der Waals surface area (Å²) in [5, 5.41) is 3.85. The van der Waals surface area contributed by atoms with Crippen LogP contribution in [0.5, 0.6) is 0 Å². The first-order valence-corrected chi connectivity index (χ1v) is 9.76. The molecule has 7 heteroatoms. The maximum absolute atomic E-state index is 13.6. The van der Waals surface area contributed by atoms with E-state index in [4.69, 9.17) is 0 Å². The number of carbonyl (C=O) groups excluding carboxylic acids is 1. The topological polar surface area (TPSA) is 45.2 Å². The van der Waals surface area contributed by atoms with Crippen molar-refractivity contribution in [2.24, 2.45) is 0 Å². The number of carbonyl (C=O) groups is 1. The van der Waals surface area contributed by atoms with E-state index >= 15 is 0 Å². The lowest BCUT2D eigenvalue weighted by Gasteiger charge is -2.27. The molecule has 0 spiro atoms. The highest BCUT2D eigenvalue weighted by molar-refractivity contribution is 7.99. The van der Waals surface area contributed by atoms with Crippen LogP contribution in [-0.2, 0) is 0 Å². The maximum Gasteiger partial charge on any atom is 0.257 e. The summed E-state index contributed by atoms with van der Waals surface area (Å²) in [7, 11) is 0. The minimum absolute atomic E-state index is 0.112. The molecule has 0 radical (unpaired) electrons. The Morgan fingerprint density at radius 3 is 2.63 bits per heavy atom. The van der Waals surface area contributed by atoms with Crippen LogP contribution in [0.4, 0.5) is 20.2 Å². The molecule has 0 bridgehead atoms. The summed E-state index contributed by atoms with van der Waals surface area (Å²) in [5.41, 5.74) is 2.06. The lowest BCUT2D eigenvalue weighted by Crippen LogP contribution is -2.38. The molecule has 1 N–H and O–H groups in total. The van der Waals surface area contributed by atoms with Crippen molar-refractivity contribution in [3.8, 4) is 0 Å². The monoisotopic (exact) mass is 385 g/mol. The van der Waals surface area contributed by atoms with E-state index in [2.05, 4.69) is 10.3 Å². The molecule has 2 heterocycles. The Hall–Kier alpha value is -2.67. The minimum atomic E-state index is -0.945. The number of hydrogen-bond acceptors (Lipinski definition) is 4. The number of anilines is 2. The Labute approximate surface area is 159 Å². The summed E-state index contributed by atoms with van der Waals surface area (Å²) in [4.78, 5) is 19.3. The average Bonchev–Trinajstić information content (AvgIpc) is 2.71. The van der Waals surface area contributed by atoms with Gasteiger partial charge in [-0.25, -0.2) is 8.78 Å². The molecule has 4 nitrogen and oxygen atoms in total. The second-order valence-electron chi connectivity index (χ2n) is 6.22. The van der Waals surface area contributed by atoms with E-state index in [9.17, 15) is 13.6 Å². The number of thioether (sulfide) groups is 1. The molecule has 1 aliphatic heterocycles. The fraction of sp³-hybridized carbons (Fsp3) is 0.200. The number of aromatic nitrogens is 1. The van der Waals surface area contributed by atoms with Crippen LogP contribution in [0.25, 0.3) is 10.9 Å². The van der Waals surface area contributed by atoms with Gasteiger partial charge in [-0.2, -0.15) is 11.8 Å². The lowest BCUT2D eigenvalue weighted by molar-refractivity contribution is 0.0773. The number of nitrogens with one attached hydrogen (secondary N) is 1. The van der Waals surface area contributed by atoms with Crippen LogP contribution in [0.1, 0.15) is 10.4 Å². The van der Waals surface area contributed by atoms with Crippen LogP contribution in [0.15, 0.2) is 48.7 Å². The summed E-state index contributed by atoms with van der Waals surface area (Å²) in [5.74, 6) is -0.169. The largest absolute Gasteiger partial charge is 0.354 e. The molecule has 2 aromatic carbocycles. The van der Waals surface area contributed by atoms with Crippen molar-refractivity contribution in [2.45, 2.75) is 0 Å². The molecule has 0 unspecified atom stereocenters. The number of hydrogen-bond donors (Lipinski definition) is 1. The number of rotatable bonds is 3. The van der Waals surface area contributed by atoms with Crippen molar-refractivity contribution in [1.82, 2.24) is 9.88 Å². The van der Waals surface area contributed by atoms with Crippen LogP contribution in [0, 0.1) is 11.6 Å². The standard InChI is InChI=1S/C20H17F2N3OS/c21-16-6-5-13(11-17(16)22)24-19-14-3-1-2-4-18(14)23-12-15(19)20(26)25-7-9-27-10-8-25/h1-6,11-12H,7-10H2,(H,23,24). The van der Waals surface area contributed by atoms with Gasteiger partial charge in [-0.05, 0) is 18.2 Å². The Bertz CT molecular complexity index is 1010. The van der Waals surface area contributed by atoms with Gasteiger partial charge in [-0.1, -0.05) is 18.2 Å². The van der Waals surface area contributed by atoms with Crippen LogP contribution >= 0.6 is 11.8 Å². The van der Waals surface area contributed by atoms with Crippen LogP contribution in [-0.4, -0.2) is 40.4 Å². The van der Waals surface area contributed by atoms with Gasteiger partial charge in [-0.3, -0.25) is 9.78 Å². The molecule has 3 aromatic rings. The molecule has 27 heavy (non-hydrogen) atoms. The van der Waals surface area contributed by atoms with Crippen LogP contribution < -0.4 is 5.32 Å². The predicted octanol–water partition coefficient (Wildman–Crippen LogP) is 4.45. The van der Waals surface area contributed by atoms with E-state index < -0.39 is 11.6 Å². The average molecular weight is 385 g/mol. The number of pyridine rings is 1. The molecule has 1 amide bonds. The Morgan fingerprint density at radius 2 is 1.85 bits per heavy atom. The molecule has 0 saturated carbocycles. The molecular formula is C20H17F2N3OS. The first-order valence-electron chi connectivity index (χ1n) is 8.60. The fourth-order valence-corrected chi connectivity index (χ4v) is 4.00. The predicted molar refractivity (Wildman–Crippen MR) is 105 cm³/mol. The summed E-state index contributed by atoms with van der Waals surface area (Å²) in [6.07, 6.45) is 1.55. The maximum atomic E-state index is 13.6. The van der Waals surface area contributed by atoms with E-state index in [1.807, 2.05) is 36.0 Å². The fourth-order valence-electron chi connectivity index (χ4n) is 3.09. The van der Waals surface area contributed by atoms with Gasteiger partial charge >= 0.3 is 0 Å². The molecule has 138 valence electrons. The number of benzene rings is 2. The summed E-state index contributed by atoms with van der Waals surface area (Å²) in [6, 6.07) is 11.0. The number of halogens is 2. The van der Waals surface area contributed by atoms with Crippen molar-refractivity contribution in [2.75, 3.05) is 29.9 Å². The van der Waals surface area contributed by atoms with Crippen molar-refractivity contribution in [1.29, 1.82) is 0 Å². The molecule has 1 saturated heterocycles. The van der Waals surface area contributed by atoms with Crippen molar-refractivity contribution < 1.29 is 13.6 Å². The van der Waals surface area contributed by atoms with Gasteiger partial charge < -0.3 is 10.2 Å². The van der Waals surface area contributed by atoms with Gasteiger partial charge in [0.1, 0.15) is 0 Å². The zero-order valence-corrected chi connectivity index (χ0v) is 15.2. The normalized spacial score (nSPS) is 14.4. The highest BCUT2D eigenvalue weighted by atomic mass is 32.2. The van der Waals surface area contributed by atoms with Crippen molar-refractivity contribution in [3.05, 3.63) is 65.9 Å². The third-order valence-electron chi connectivity index (χ3n) is 4.49. The number of fused-ring (bicyclic) bond motifs is 1. The first-order chi connectivity index (χ1) is 13.1. The van der Waals surface area contributed by atoms with Gasteiger partial charge in [-0.15, -0.1) is 0 Å². The zero-order valence-electron chi connectivity index (χ0n) is 14.4. The first kappa shape index (κ1) is 17.7. The summed E-state index contributed by atoms with van der Waals surface area (Å²) in [6.45, 7) is 1.36. The van der Waals surface area contributed by atoms with Crippen LogP contribution in [0.3, 0.4) is 0 Å². The van der Waals surface area contributed by atoms with Crippen LogP contribution in [0.2, 0.25) is 0 Å². The minimum Gasteiger partial charge on any atom is -0.354 e. The highest BCUT2D eigenvalue weighted by Crippen LogP contribution is 2.31. The number of amides is 1. The van der Waals surface area contributed by atoms with Gasteiger partial charge in [0.15, 0.2) is 11.6 Å². The summed E-state index contributed by atoms with van der Waals surface area (Å²) >= 11 is 1.82.